The van der Waals surface area contributed by atoms with Crippen molar-refractivity contribution in [3.63, 3.8) is 0 Å². The molecule has 0 unspecified atom stereocenters. The van der Waals surface area contributed by atoms with Gasteiger partial charge >= 0.3 is 0 Å². The second kappa shape index (κ2) is 6.96. The zero-order valence-electron chi connectivity index (χ0n) is 13.4. The van der Waals surface area contributed by atoms with E-state index in [9.17, 15) is 15.8 Å². The Kier molecular flexibility index (Phi) is 4.88. The summed E-state index contributed by atoms with van der Waals surface area (Å²) in [5.74, 6) is -1.06. The van der Waals surface area contributed by atoms with Crippen LogP contribution in [-0.2, 0) is 0 Å². The molecular weight excluding hydrogens is 456 g/mol. The monoisotopic (exact) mass is 466 g/mol. The maximum absolute atomic E-state index is 9.90. The molecule has 0 radical (unpaired) electrons. The standard InChI is InChI=1S/C20H12Br2N4/c21-14-5-1-3-12(7-14)17-16(9-23)19(26)20(10-24,11-25)18(17)13-4-2-6-15(22)8-13/h1-8,17-18H,26H2/t17-,18+/m1/s1. The van der Waals surface area contributed by atoms with E-state index in [4.69, 9.17) is 5.73 Å². The van der Waals surface area contributed by atoms with Crippen molar-refractivity contribution >= 4 is 31.9 Å². The van der Waals surface area contributed by atoms with Gasteiger partial charge in [0, 0.05) is 20.8 Å². The van der Waals surface area contributed by atoms with Crippen LogP contribution >= 0.6 is 31.9 Å². The zero-order valence-corrected chi connectivity index (χ0v) is 16.6. The number of nitrogens with zero attached hydrogens (tertiary/aromatic N) is 3. The van der Waals surface area contributed by atoms with Gasteiger partial charge in [-0.3, -0.25) is 0 Å². The lowest BCUT2D eigenvalue weighted by atomic mass is 9.70. The first-order valence-electron chi connectivity index (χ1n) is 7.72. The predicted molar refractivity (Wildman–Crippen MR) is 104 cm³/mol. The summed E-state index contributed by atoms with van der Waals surface area (Å²) in [4.78, 5) is 0. The van der Waals surface area contributed by atoms with Crippen LogP contribution in [0.4, 0.5) is 0 Å². The fourth-order valence-electron chi connectivity index (χ4n) is 3.58. The minimum Gasteiger partial charge on any atom is -0.399 e. The van der Waals surface area contributed by atoms with Crippen LogP contribution in [-0.4, -0.2) is 0 Å². The van der Waals surface area contributed by atoms with Crippen molar-refractivity contribution in [1.82, 2.24) is 0 Å². The fraction of sp³-hybridized carbons (Fsp3) is 0.150. The molecule has 2 N–H and O–H groups in total. The largest absolute Gasteiger partial charge is 0.399 e. The average molecular weight is 468 g/mol. The smallest absolute Gasteiger partial charge is 0.191 e. The van der Waals surface area contributed by atoms with E-state index in [1.165, 1.54) is 0 Å². The SMILES string of the molecule is N#CC1=C(N)C(C#N)(C#N)[C@@H](c2cccc(Br)c2)[C@@H]1c1cccc(Br)c1. The molecule has 1 aliphatic rings. The highest BCUT2D eigenvalue weighted by Crippen LogP contribution is 2.58. The minimum absolute atomic E-state index is 0.0416. The second-order valence-corrected chi connectivity index (χ2v) is 7.87. The van der Waals surface area contributed by atoms with Gasteiger partial charge in [0.15, 0.2) is 5.41 Å². The van der Waals surface area contributed by atoms with Crippen molar-refractivity contribution in [1.29, 1.82) is 15.8 Å². The Morgan fingerprint density at radius 2 is 1.42 bits per heavy atom. The Morgan fingerprint density at radius 3 is 1.92 bits per heavy atom. The van der Waals surface area contributed by atoms with Gasteiger partial charge in [0.1, 0.15) is 0 Å². The van der Waals surface area contributed by atoms with E-state index in [1.54, 1.807) is 0 Å². The Morgan fingerprint density at radius 1 is 0.885 bits per heavy atom. The lowest BCUT2D eigenvalue weighted by Crippen LogP contribution is -2.29. The third kappa shape index (κ3) is 2.71. The topological polar surface area (TPSA) is 97.4 Å². The highest BCUT2D eigenvalue weighted by Gasteiger charge is 2.56. The van der Waals surface area contributed by atoms with Crippen LogP contribution in [0.1, 0.15) is 23.0 Å². The molecule has 2 atom stereocenters. The molecule has 0 bridgehead atoms. The first kappa shape index (κ1) is 18.2. The molecule has 2 aromatic rings. The number of hydrogen-bond acceptors (Lipinski definition) is 4. The normalized spacial score (nSPS) is 20.9. The van der Waals surface area contributed by atoms with E-state index in [2.05, 4.69) is 50.1 Å². The maximum atomic E-state index is 9.90. The van der Waals surface area contributed by atoms with E-state index in [0.29, 0.717) is 0 Å². The van der Waals surface area contributed by atoms with E-state index >= 15 is 0 Å². The molecule has 0 saturated heterocycles. The van der Waals surface area contributed by atoms with Gasteiger partial charge in [-0.25, -0.2) is 0 Å². The molecule has 1 aliphatic carbocycles. The number of rotatable bonds is 2. The average Bonchev–Trinajstić information content (AvgIpc) is 2.90. The van der Waals surface area contributed by atoms with Gasteiger partial charge in [0.2, 0.25) is 0 Å². The molecule has 0 spiro atoms. The molecule has 0 aromatic heterocycles. The first-order valence-corrected chi connectivity index (χ1v) is 9.30. The van der Waals surface area contributed by atoms with E-state index < -0.39 is 17.3 Å². The summed E-state index contributed by atoms with van der Waals surface area (Å²) in [7, 11) is 0. The van der Waals surface area contributed by atoms with Crippen LogP contribution in [0, 0.1) is 39.4 Å². The van der Waals surface area contributed by atoms with Crippen LogP contribution in [0.15, 0.2) is 68.7 Å². The molecular formula is C20H12Br2N4. The van der Waals surface area contributed by atoms with Gasteiger partial charge in [0.05, 0.1) is 29.5 Å². The highest BCUT2D eigenvalue weighted by atomic mass is 79.9. The Hall–Kier alpha value is -2.59. The zero-order chi connectivity index (χ0) is 18.9. The molecule has 0 amide bonds. The quantitative estimate of drug-likeness (QED) is 0.681. The van der Waals surface area contributed by atoms with Gasteiger partial charge in [-0.05, 0) is 35.4 Å². The third-order valence-electron chi connectivity index (χ3n) is 4.71. The maximum Gasteiger partial charge on any atom is 0.191 e. The predicted octanol–water partition coefficient (Wildman–Crippen LogP) is 4.86. The number of benzene rings is 2. The van der Waals surface area contributed by atoms with Crippen molar-refractivity contribution in [3.05, 3.63) is 79.9 Å². The molecule has 0 fully saturated rings. The molecule has 0 aliphatic heterocycles. The molecule has 6 heteroatoms. The van der Waals surface area contributed by atoms with E-state index in [0.717, 1.165) is 20.1 Å². The molecule has 126 valence electrons. The summed E-state index contributed by atoms with van der Waals surface area (Å²) in [5.41, 5.74) is 6.54. The van der Waals surface area contributed by atoms with Gasteiger partial charge in [-0.1, -0.05) is 56.1 Å². The molecule has 26 heavy (non-hydrogen) atoms. The van der Waals surface area contributed by atoms with Crippen molar-refractivity contribution in [2.45, 2.75) is 11.8 Å². The van der Waals surface area contributed by atoms with Gasteiger partial charge in [-0.2, -0.15) is 15.8 Å². The first-order chi connectivity index (χ1) is 12.5. The van der Waals surface area contributed by atoms with E-state index in [1.807, 2.05) is 48.5 Å². The number of halogens is 2. The van der Waals surface area contributed by atoms with Gasteiger partial charge < -0.3 is 5.73 Å². The van der Waals surface area contributed by atoms with Gasteiger partial charge in [-0.15, -0.1) is 0 Å². The summed E-state index contributed by atoms with van der Waals surface area (Å²) in [6, 6.07) is 21.3. The van der Waals surface area contributed by atoms with Crippen LogP contribution < -0.4 is 5.73 Å². The van der Waals surface area contributed by atoms with Crippen LogP contribution in [0.3, 0.4) is 0 Å². The lowest BCUT2D eigenvalue weighted by Gasteiger charge is -2.28. The molecule has 3 rings (SSSR count). The fourth-order valence-corrected chi connectivity index (χ4v) is 4.41. The van der Waals surface area contributed by atoms with Crippen molar-refractivity contribution < 1.29 is 0 Å². The molecule has 0 heterocycles. The lowest BCUT2D eigenvalue weighted by molar-refractivity contribution is 0.475. The third-order valence-corrected chi connectivity index (χ3v) is 5.70. The Labute approximate surface area is 168 Å². The van der Waals surface area contributed by atoms with Crippen molar-refractivity contribution in [2.24, 2.45) is 11.1 Å². The summed E-state index contributed by atoms with van der Waals surface area (Å²) in [6.45, 7) is 0. The Bertz CT molecular complexity index is 1020. The van der Waals surface area contributed by atoms with Crippen molar-refractivity contribution in [2.75, 3.05) is 0 Å². The minimum atomic E-state index is -1.60. The van der Waals surface area contributed by atoms with Crippen molar-refractivity contribution in [3.8, 4) is 18.2 Å². The highest BCUT2D eigenvalue weighted by molar-refractivity contribution is 9.10. The Balaban J connectivity index is 2.34. The number of allylic oxidation sites excluding steroid dienone is 2. The molecule has 0 saturated carbocycles. The van der Waals surface area contributed by atoms with E-state index in [-0.39, 0.29) is 11.3 Å². The van der Waals surface area contributed by atoms with Crippen LogP contribution in [0.2, 0.25) is 0 Å². The second-order valence-electron chi connectivity index (χ2n) is 6.04. The number of nitrogens with two attached hydrogens (primary N) is 1. The summed E-state index contributed by atoms with van der Waals surface area (Å²) in [5, 5.41) is 29.6. The molecule has 2 aromatic carbocycles. The molecule has 4 nitrogen and oxygen atoms in total. The summed E-state index contributed by atoms with van der Waals surface area (Å²) >= 11 is 6.89. The number of nitriles is 3. The van der Waals surface area contributed by atoms with Crippen LogP contribution in [0.5, 0.6) is 0 Å². The van der Waals surface area contributed by atoms with Gasteiger partial charge in [0.25, 0.3) is 0 Å². The summed E-state index contributed by atoms with van der Waals surface area (Å²) in [6.07, 6.45) is 0. The summed E-state index contributed by atoms with van der Waals surface area (Å²) < 4.78 is 1.68. The number of hydrogen-bond donors (Lipinski definition) is 1. The van der Waals surface area contributed by atoms with Crippen LogP contribution in [0.25, 0.3) is 0 Å².